The van der Waals surface area contributed by atoms with E-state index < -0.39 is 6.04 Å². The highest BCUT2D eigenvalue weighted by Gasteiger charge is 2.32. The van der Waals surface area contributed by atoms with Crippen molar-refractivity contribution < 1.29 is 33.3 Å². The van der Waals surface area contributed by atoms with Crippen LogP contribution < -0.4 is 25.2 Å². The Morgan fingerprint density at radius 2 is 1.66 bits per heavy atom. The largest absolute Gasteiger partial charge is 0.489 e. The van der Waals surface area contributed by atoms with Crippen molar-refractivity contribution in [2.45, 2.75) is 39.7 Å². The van der Waals surface area contributed by atoms with Gasteiger partial charge in [0.25, 0.3) is 0 Å². The fourth-order valence-corrected chi connectivity index (χ4v) is 8.39. The van der Waals surface area contributed by atoms with Crippen molar-refractivity contribution in [3.8, 4) is 16.8 Å². The number of rotatable bonds is 21. The molecule has 0 radical (unpaired) electrons. The second-order valence-electron chi connectivity index (χ2n) is 14.2. The molecule has 16 nitrogen and oxygen atoms in total. The molecule has 0 spiro atoms. The van der Waals surface area contributed by atoms with Gasteiger partial charge in [-0.05, 0) is 50.6 Å². The van der Waals surface area contributed by atoms with Gasteiger partial charge in [-0.1, -0.05) is 23.7 Å². The number of aliphatic imine (C=N–C) groups is 1. The maximum Gasteiger partial charge on any atom is 0.241 e. The second kappa shape index (κ2) is 22.1. The maximum absolute atomic E-state index is 13.2. The number of anilines is 2. The first-order chi connectivity index (χ1) is 29.6. The summed E-state index contributed by atoms with van der Waals surface area (Å²) >= 11 is 13.7. The minimum absolute atomic E-state index is 0.0877. The van der Waals surface area contributed by atoms with E-state index in [4.69, 9.17) is 52.4 Å². The minimum atomic E-state index is -0.557. The Morgan fingerprint density at radius 3 is 2.34 bits per heavy atom. The van der Waals surface area contributed by atoms with E-state index in [9.17, 15) is 14.4 Å². The van der Waals surface area contributed by atoms with Gasteiger partial charge < -0.3 is 39.4 Å². The summed E-state index contributed by atoms with van der Waals surface area (Å²) in [6.07, 6.45) is 0.255. The molecule has 324 valence electrons. The average Bonchev–Trinajstić information content (AvgIpc) is 3.74. The summed E-state index contributed by atoms with van der Waals surface area (Å²) in [5, 5.41) is 25.2. The van der Waals surface area contributed by atoms with Gasteiger partial charge in [0.2, 0.25) is 17.7 Å². The molecule has 0 unspecified atom stereocenters. The van der Waals surface area contributed by atoms with Crippen LogP contribution in [0.4, 0.5) is 11.4 Å². The molecule has 0 saturated carbocycles. The van der Waals surface area contributed by atoms with Crippen LogP contribution in [0.1, 0.15) is 52.1 Å². The predicted molar refractivity (Wildman–Crippen MR) is 234 cm³/mol. The minimum Gasteiger partial charge on any atom is -0.489 e. The normalized spacial score (nSPS) is 14.1. The molecule has 61 heavy (non-hydrogen) atoms. The fraction of sp³-hybridized carbons (Fsp3) is 0.452. The zero-order valence-corrected chi connectivity index (χ0v) is 36.7. The van der Waals surface area contributed by atoms with Gasteiger partial charge in [0, 0.05) is 52.4 Å². The Balaban J connectivity index is 0.847. The molecule has 2 aliphatic rings. The standard InChI is InChI=1S/C42H49Cl2N9O7S/c1-27-28(2)61-42-39(27)40(30-5-7-31(44)8-6-30)48-33(41-50-49-29(3)53(41)42)24-36(54)46-12-16-57-19-21-59-22-20-58-17-13-47-37(55)26-51-15-18-60-35-23-32(9-10-34(35)51)52(14-4-11-45)38(56)25-43/h5-10,23,33H,4,12-22,24-26H2,1-3H3,(H,46,54)(H,47,55)/t33-/m0/s1. The summed E-state index contributed by atoms with van der Waals surface area (Å²) in [7, 11) is 0. The number of thiophene rings is 1. The van der Waals surface area contributed by atoms with Gasteiger partial charge in [-0.25, -0.2) is 0 Å². The lowest BCUT2D eigenvalue weighted by atomic mass is 9.99. The molecule has 6 rings (SSSR count). The lowest BCUT2D eigenvalue weighted by Crippen LogP contribution is -2.42. The molecular formula is C42H49Cl2N9O7S. The Labute approximate surface area is 368 Å². The molecule has 2 aromatic heterocycles. The number of fused-ring (bicyclic) bond motifs is 4. The number of carbonyl (C=O) groups is 3. The van der Waals surface area contributed by atoms with Crippen LogP contribution in [-0.2, 0) is 28.6 Å². The highest BCUT2D eigenvalue weighted by molar-refractivity contribution is 7.15. The van der Waals surface area contributed by atoms with Gasteiger partial charge in [0.15, 0.2) is 5.82 Å². The van der Waals surface area contributed by atoms with Crippen molar-refractivity contribution >= 4 is 69.3 Å². The fourth-order valence-electron chi connectivity index (χ4n) is 6.91. The molecule has 19 heteroatoms. The van der Waals surface area contributed by atoms with E-state index in [1.165, 1.54) is 9.78 Å². The van der Waals surface area contributed by atoms with E-state index in [-0.39, 0.29) is 49.5 Å². The number of halogens is 2. The molecule has 1 atom stereocenters. The number of hydrogen-bond acceptors (Lipinski definition) is 13. The van der Waals surface area contributed by atoms with Gasteiger partial charge in [-0.2, -0.15) is 5.26 Å². The molecule has 0 bridgehead atoms. The predicted octanol–water partition coefficient (Wildman–Crippen LogP) is 4.86. The van der Waals surface area contributed by atoms with Crippen LogP contribution in [0, 0.1) is 32.1 Å². The monoisotopic (exact) mass is 893 g/mol. The quantitative estimate of drug-likeness (QED) is 0.0861. The number of ether oxygens (including phenoxy) is 4. The number of aryl methyl sites for hydroxylation is 2. The summed E-state index contributed by atoms with van der Waals surface area (Å²) in [5.74, 6) is 1.04. The highest BCUT2D eigenvalue weighted by Crippen LogP contribution is 2.40. The smallest absolute Gasteiger partial charge is 0.241 e. The van der Waals surface area contributed by atoms with Crippen LogP contribution in [0.2, 0.25) is 5.02 Å². The summed E-state index contributed by atoms with van der Waals surface area (Å²) in [6, 6.07) is 14.4. The third-order valence-corrected chi connectivity index (χ3v) is 11.7. The molecule has 4 aromatic rings. The third kappa shape index (κ3) is 11.6. The molecule has 2 aliphatic heterocycles. The molecule has 0 aliphatic carbocycles. The Bertz CT molecular complexity index is 2240. The van der Waals surface area contributed by atoms with Crippen molar-refractivity contribution in [2.75, 3.05) is 94.7 Å². The van der Waals surface area contributed by atoms with Gasteiger partial charge in [0.05, 0.1) is 83.0 Å². The zero-order chi connectivity index (χ0) is 43.3. The number of benzene rings is 2. The van der Waals surface area contributed by atoms with E-state index in [1.807, 2.05) is 46.7 Å². The van der Waals surface area contributed by atoms with Crippen molar-refractivity contribution in [3.63, 3.8) is 0 Å². The van der Waals surface area contributed by atoms with Crippen molar-refractivity contribution in [1.29, 1.82) is 5.26 Å². The van der Waals surface area contributed by atoms with Crippen molar-refractivity contribution in [1.82, 2.24) is 25.4 Å². The van der Waals surface area contributed by atoms with E-state index >= 15 is 0 Å². The van der Waals surface area contributed by atoms with Crippen LogP contribution in [0.15, 0.2) is 47.5 Å². The number of alkyl halides is 1. The Kier molecular flexibility index (Phi) is 16.5. The number of hydrogen-bond donors (Lipinski definition) is 2. The lowest BCUT2D eigenvalue weighted by Gasteiger charge is -2.32. The topological polar surface area (TPSA) is 186 Å². The number of carbonyl (C=O) groups excluding carboxylic acids is 3. The van der Waals surface area contributed by atoms with Crippen LogP contribution in [0.5, 0.6) is 5.75 Å². The summed E-state index contributed by atoms with van der Waals surface area (Å²) < 4.78 is 24.7. The number of nitrogens with one attached hydrogen (secondary N) is 2. The SMILES string of the molecule is Cc1sc2c(c1C)C(c1ccc(Cl)cc1)=N[C@@H](CC(=O)NCCOCCOCCOCCNC(=O)CN1CCOc3cc(N(CCC#N)C(=O)CCl)ccc31)c1nnc(C)n1-2. The first kappa shape index (κ1) is 45.4. The highest BCUT2D eigenvalue weighted by atomic mass is 35.5. The van der Waals surface area contributed by atoms with Gasteiger partial charge in [-0.3, -0.25) is 23.9 Å². The average molecular weight is 895 g/mol. The molecule has 4 heterocycles. The third-order valence-electron chi connectivity index (χ3n) is 10.0. The van der Waals surface area contributed by atoms with Crippen LogP contribution in [-0.4, -0.2) is 123 Å². The van der Waals surface area contributed by atoms with Gasteiger partial charge in [0.1, 0.15) is 35.1 Å². The Morgan fingerprint density at radius 1 is 0.967 bits per heavy atom. The van der Waals surface area contributed by atoms with E-state index in [0.717, 1.165) is 38.9 Å². The Hall–Kier alpha value is -5.09. The van der Waals surface area contributed by atoms with E-state index in [2.05, 4.69) is 34.7 Å². The summed E-state index contributed by atoms with van der Waals surface area (Å²) in [5.41, 5.74) is 5.15. The maximum atomic E-state index is 13.2. The summed E-state index contributed by atoms with van der Waals surface area (Å²) in [4.78, 5) is 47.9. The van der Waals surface area contributed by atoms with Crippen LogP contribution in [0.25, 0.3) is 5.00 Å². The molecular weight excluding hydrogens is 845 g/mol. The van der Waals surface area contributed by atoms with E-state index in [0.29, 0.717) is 88.2 Å². The van der Waals surface area contributed by atoms with Crippen LogP contribution >= 0.6 is 34.5 Å². The molecule has 3 amide bonds. The van der Waals surface area contributed by atoms with Crippen molar-refractivity contribution in [3.05, 3.63) is 80.7 Å². The molecule has 0 saturated heterocycles. The first-order valence-corrected chi connectivity index (χ1v) is 21.7. The van der Waals surface area contributed by atoms with Gasteiger partial charge >= 0.3 is 0 Å². The van der Waals surface area contributed by atoms with Crippen molar-refractivity contribution in [2.24, 2.45) is 4.99 Å². The number of nitriles is 1. The second-order valence-corrected chi connectivity index (χ2v) is 16.1. The number of aromatic nitrogens is 3. The van der Waals surface area contributed by atoms with Crippen LogP contribution in [0.3, 0.4) is 0 Å². The number of amides is 3. The summed E-state index contributed by atoms with van der Waals surface area (Å²) in [6.45, 7) is 10.1. The lowest BCUT2D eigenvalue weighted by molar-refractivity contribution is -0.122. The molecule has 2 aromatic carbocycles. The first-order valence-electron chi connectivity index (χ1n) is 20.0. The van der Waals surface area contributed by atoms with E-state index in [1.54, 1.807) is 29.5 Å². The molecule has 2 N–H and O–H groups in total. The molecule has 0 fully saturated rings. The zero-order valence-electron chi connectivity index (χ0n) is 34.4. The van der Waals surface area contributed by atoms with Gasteiger partial charge in [-0.15, -0.1) is 33.1 Å². The number of nitrogens with zero attached hydrogens (tertiary/aromatic N) is 7.